The number of nitrogens with zero attached hydrogens (tertiary/aromatic N) is 1. The quantitative estimate of drug-likeness (QED) is 0.860. The molecule has 1 aromatic carbocycles. The first-order chi connectivity index (χ1) is 10.0. The minimum absolute atomic E-state index is 0.161. The zero-order valence-electron chi connectivity index (χ0n) is 12.1. The lowest BCUT2D eigenvalue weighted by molar-refractivity contribution is -0.128. The molecule has 1 aromatic rings. The fraction of sp³-hybridized carbons (Fsp3) is 0.467. The van der Waals surface area contributed by atoms with Gasteiger partial charge in [-0.1, -0.05) is 19.9 Å². The van der Waals surface area contributed by atoms with Crippen LogP contribution in [0.1, 0.15) is 25.8 Å². The summed E-state index contributed by atoms with van der Waals surface area (Å²) in [7, 11) is 0. The fourth-order valence-corrected chi connectivity index (χ4v) is 2.58. The van der Waals surface area contributed by atoms with Gasteiger partial charge in [-0.3, -0.25) is 9.69 Å². The lowest BCUT2D eigenvalue weighted by Crippen LogP contribution is -2.31. The second-order valence-corrected chi connectivity index (χ2v) is 5.74. The number of carbonyl (C=O) groups is 2. The first kappa shape index (κ1) is 13.7. The van der Waals surface area contributed by atoms with Gasteiger partial charge in [0.25, 0.3) is 5.91 Å². The SMILES string of the molecule is CC(C)CC1NC(=O)N(Cc2ccc3c(c2)OCO3)C1=O. The second kappa shape index (κ2) is 5.27. The minimum Gasteiger partial charge on any atom is -0.454 e. The highest BCUT2D eigenvalue weighted by atomic mass is 16.7. The Morgan fingerprint density at radius 3 is 2.81 bits per heavy atom. The molecule has 6 nitrogen and oxygen atoms in total. The average molecular weight is 290 g/mol. The van der Waals surface area contributed by atoms with E-state index in [9.17, 15) is 9.59 Å². The van der Waals surface area contributed by atoms with Gasteiger partial charge in [-0.2, -0.15) is 0 Å². The molecule has 21 heavy (non-hydrogen) atoms. The first-order valence-electron chi connectivity index (χ1n) is 7.05. The summed E-state index contributed by atoms with van der Waals surface area (Å²) in [5, 5.41) is 2.74. The van der Waals surface area contributed by atoms with Crippen molar-refractivity contribution in [1.29, 1.82) is 0 Å². The Labute approximate surface area is 123 Å². The third kappa shape index (κ3) is 2.66. The highest BCUT2D eigenvalue weighted by molar-refractivity contribution is 6.04. The van der Waals surface area contributed by atoms with Crippen LogP contribution in [0, 0.1) is 5.92 Å². The van der Waals surface area contributed by atoms with Gasteiger partial charge in [-0.05, 0) is 30.0 Å². The van der Waals surface area contributed by atoms with Crippen LogP contribution in [0.15, 0.2) is 18.2 Å². The Morgan fingerprint density at radius 2 is 2.05 bits per heavy atom. The van der Waals surface area contributed by atoms with Crippen molar-refractivity contribution in [3.05, 3.63) is 23.8 Å². The molecule has 2 aliphatic heterocycles. The lowest BCUT2D eigenvalue weighted by Gasteiger charge is -2.14. The van der Waals surface area contributed by atoms with Crippen LogP contribution >= 0.6 is 0 Å². The zero-order valence-corrected chi connectivity index (χ0v) is 12.1. The molecule has 112 valence electrons. The Hall–Kier alpha value is -2.24. The van der Waals surface area contributed by atoms with E-state index in [4.69, 9.17) is 9.47 Å². The van der Waals surface area contributed by atoms with E-state index < -0.39 is 6.04 Å². The molecule has 0 aromatic heterocycles. The summed E-state index contributed by atoms with van der Waals surface area (Å²) in [5.74, 6) is 1.53. The van der Waals surface area contributed by atoms with Crippen LogP contribution in [0.5, 0.6) is 11.5 Å². The molecule has 0 spiro atoms. The van der Waals surface area contributed by atoms with Gasteiger partial charge in [0, 0.05) is 0 Å². The molecule has 6 heteroatoms. The zero-order chi connectivity index (χ0) is 15.0. The van der Waals surface area contributed by atoms with Crippen molar-refractivity contribution < 1.29 is 19.1 Å². The average Bonchev–Trinajstić information content (AvgIpc) is 2.98. The van der Waals surface area contributed by atoms with Crippen LogP contribution in [0.4, 0.5) is 4.79 Å². The molecule has 1 N–H and O–H groups in total. The Balaban J connectivity index is 1.72. The maximum absolute atomic E-state index is 12.3. The highest BCUT2D eigenvalue weighted by Crippen LogP contribution is 2.33. The van der Waals surface area contributed by atoms with Crippen molar-refractivity contribution in [3.8, 4) is 11.5 Å². The van der Waals surface area contributed by atoms with Gasteiger partial charge in [0.2, 0.25) is 6.79 Å². The highest BCUT2D eigenvalue weighted by Gasteiger charge is 2.38. The summed E-state index contributed by atoms with van der Waals surface area (Å²) in [5.41, 5.74) is 0.841. The van der Waals surface area contributed by atoms with Crippen LogP contribution in [-0.2, 0) is 11.3 Å². The molecule has 3 rings (SSSR count). The van der Waals surface area contributed by atoms with Gasteiger partial charge in [0.1, 0.15) is 6.04 Å². The van der Waals surface area contributed by atoms with Gasteiger partial charge in [0.15, 0.2) is 11.5 Å². The van der Waals surface area contributed by atoms with Crippen molar-refractivity contribution in [2.45, 2.75) is 32.9 Å². The molecule has 0 radical (unpaired) electrons. The number of carbonyl (C=O) groups excluding carboxylic acids is 2. The van der Waals surface area contributed by atoms with Crippen molar-refractivity contribution in [3.63, 3.8) is 0 Å². The van der Waals surface area contributed by atoms with E-state index in [0.717, 1.165) is 5.56 Å². The molecule has 0 saturated carbocycles. The monoisotopic (exact) mass is 290 g/mol. The number of ether oxygens (including phenoxy) is 2. The van der Waals surface area contributed by atoms with E-state index in [0.29, 0.717) is 23.8 Å². The minimum atomic E-state index is -0.411. The van der Waals surface area contributed by atoms with Crippen molar-refractivity contribution in [2.75, 3.05) is 6.79 Å². The van der Waals surface area contributed by atoms with Gasteiger partial charge in [0.05, 0.1) is 6.54 Å². The fourth-order valence-electron chi connectivity index (χ4n) is 2.58. The molecular weight excluding hydrogens is 272 g/mol. The van der Waals surface area contributed by atoms with Crippen LogP contribution < -0.4 is 14.8 Å². The molecule has 1 saturated heterocycles. The third-order valence-corrected chi connectivity index (χ3v) is 3.59. The lowest BCUT2D eigenvalue weighted by atomic mass is 10.0. The number of benzene rings is 1. The summed E-state index contributed by atoms with van der Waals surface area (Å²) >= 11 is 0. The number of amides is 3. The standard InChI is InChI=1S/C15H18N2O4/c1-9(2)5-11-14(18)17(15(19)16-11)7-10-3-4-12-13(6-10)21-8-20-12/h3-4,6,9,11H,5,7-8H2,1-2H3,(H,16,19). The Morgan fingerprint density at radius 1 is 1.29 bits per heavy atom. The number of rotatable bonds is 4. The molecule has 2 heterocycles. The number of fused-ring (bicyclic) bond motifs is 1. The van der Waals surface area contributed by atoms with Crippen LogP contribution in [0.3, 0.4) is 0 Å². The van der Waals surface area contributed by atoms with E-state index in [2.05, 4.69) is 5.32 Å². The Kier molecular flexibility index (Phi) is 3.45. The summed E-state index contributed by atoms with van der Waals surface area (Å²) < 4.78 is 10.5. The van der Waals surface area contributed by atoms with E-state index in [1.165, 1.54) is 4.90 Å². The molecule has 2 aliphatic rings. The van der Waals surface area contributed by atoms with Crippen LogP contribution in [-0.4, -0.2) is 29.7 Å². The molecule has 1 atom stereocenters. The number of imide groups is 1. The normalized spacial score (nSPS) is 20.3. The molecular formula is C15H18N2O4. The van der Waals surface area contributed by atoms with Gasteiger partial charge in [-0.15, -0.1) is 0 Å². The van der Waals surface area contributed by atoms with Crippen molar-refractivity contribution >= 4 is 11.9 Å². The topological polar surface area (TPSA) is 67.9 Å². The van der Waals surface area contributed by atoms with E-state index in [1.54, 1.807) is 12.1 Å². The summed E-state index contributed by atoms with van der Waals surface area (Å²) in [6, 6.07) is 4.69. The van der Waals surface area contributed by atoms with Gasteiger partial charge < -0.3 is 14.8 Å². The molecule has 0 aliphatic carbocycles. The Bertz CT molecular complexity index is 585. The van der Waals surface area contributed by atoms with E-state index >= 15 is 0 Å². The summed E-state index contributed by atoms with van der Waals surface area (Å²) in [6.45, 7) is 4.51. The van der Waals surface area contributed by atoms with Crippen LogP contribution in [0.2, 0.25) is 0 Å². The number of hydrogen-bond acceptors (Lipinski definition) is 4. The number of nitrogens with one attached hydrogen (secondary N) is 1. The van der Waals surface area contributed by atoms with Crippen LogP contribution in [0.25, 0.3) is 0 Å². The molecule has 1 fully saturated rings. The number of urea groups is 1. The number of hydrogen-bond donors (Lipinski definition) is 1. The first-order valence-corrected chi connectivity index (χ1v) is 7.05. The summed E-state index contributed by atoms with van der Waals surface area (Å²) in [4.78, 5) is 25.5. The largest absolute Gasteiger partial charge is 0.454 e. The predicted molar refractivity (Wildman–Crippen MR) is 74.9 cm³/mol. The molecule has 3 amide bonds. The van der Waals surface area contributed by atoms with Gasteiger partial charge in [-0.25, -0.2) is 4.79 Å². The van der Waals surface area contributed by atoms with E-state index in [-0.39, 0.29) is 25.3 Å². The van der Waals surface area contributed by atoms with Crippen molar-refractivity contribution in [2.24, 2.45) is 5.92 Å². The molecule has 0 bridgehead atoms. The van der Waals surface area contributed by atoms with Gasteiger partial charge >= 0.3 is 6.03 Å². The predicted octanol–water partition coefficient (Wildman–Crippen LogP) is 1.88. The van der Waals surface area contributed by atoms with E-state index in [1.807, 2.05) is 19.9 Å². The molecule has 1 unspecified atom stereocenters. The van der Waals surface area contributed by atoms with Crippen molar-refractivity contribution in [1.82, 2.24) is 10.2 Å². The smallest absolute Gasteiger partial charge is 0.325 e. The third-order valence-electron chi connectivity index (χ3n) is 3.59. The second-order valence-electron chi connectivity index (χ2n) is 5.74. The maximum Gasteiger partial charge on any atom is 0.325 e. The maximum atomic E-state index is 12.3. The summed E-state index contributed by atoms with van der Waals surface area (Å²) in [6.07, 6.45) is 0.655.